The minimum Gasteiger partial charge on any atom is -0.354 e. The van der Waals surface area contributed by atoms with Crippen LogP contribution in [0.3, 0.4) is 0 Å². The van der Waals surface area contributed by atoms with Gasteiger partial charge in [-0.25, -0.2) is 0 Å². The van der Waals surface area contributed by atoms with Crippen molar-refractivity contribution < 1.29 is 9.59 Å². The summed E-state index contributed by atoms with van der Waals surface area (Å²) >= 11 is 0. The van der Waals surface area contributed by atoms with Crippen molar-refractivity contribution >= 4 is 12.3 Å². The molecule has 1 aliphatic rings. The van der Waals surface area contributed by atoms with Crippen molar-refractivity contribution in [3.8, 4) is 0 Å². The number of carbonyl (C=O) groups excluding carboxylic acids is 2. The van der Waals surface area contributed by atoms with Crippen LogP contribution in [0, 0.1) is 0 Å². The molecule has 0 aromatic rings. The lowest BCUT2D eigenvalue weighted by Gasteiger charge is -2.01. The largest absolute Gasteiger partial charge is 0.354 e. The first-order valence-electron chi connectivity index (χ1n) is 2.82. The fraction of sp³-hybridized carbons (Fsp3) is 0.600. The SMILES string of the molecule is O=CN[C@H]1CCNC1=O. The predicted octanol–water partition coefficient (Wildman–Crippen LogP) is -1.38. The predicted molar refractivity (Wildman–Crippen MR) is 30.6 cm³/mol. The van der Waals surface area contributed by atoms with E-state index in [0.29, 0.717) is 19.4 Å². The average molecular weight is 128 g/mol. The van der Waals surface area contributed by atoms with Crippen LogP contribution in [0.4, 0.5) is 0 Å². The zero-order valence-corrected chi connectivity index (χ0v) is 4.89. The monoisotopic (exact) mass is 128 g/mol. The van der Waals surface area contributed by atoms with Gasteiger partial charge in [-0.3, -0.25) is 9.59 Å². The van der Waals surface area contributed by atoms with Crippen LogP contribution in [-0.2, 0) is 9.59 Å². The highest BCUT2D eigenvalue weighted by Crippen LogP contribution is 1.96. The van der Waals surface area contributed by atoms with E-state index in [-0.39, 0.29) is 11.9 Å². The molecule has 1 saturated heterocycles. The van der Waals surface area contributed by atoms with E-state index in [9.17, 15) is 9.59 Å². The van der Waals surface area contributed by atoms with E-state index in [4.69, 9.17) is 0 Å². The zero-order valence-electron chi connectivity index (χ0n) is 4.89. The maximum absolute atomic E-state index is 10.6. The normalized spacial score (nSPS) is 25.3. The number of nitrogens with one attached hydrogen (secondary N) is 2. The summed E-state index contributed by atoms with van der Waals surface area (Å²) in [5.41, 5.74) is 0. The van der Waals surface area contributed by atoms with E-state index < -0.39 is 0 Å². The van der Waals surface area contributed by atoms with Crippen molar-refractivity contribution in [3.63, 3.8) is 0 Å². The average Bonchev–Trinajstić information content (AvgIpc) is 2.18. The Bertz CT molecular complexity index is 135. The highest BCUT2D eigenvalue weighted by atomic mass is 16.2. The number of hydrogen-bond acceptors (Lipinski definition) is 2. The van der Waals surface area contributed by atoms with Crippen LogP contribution in [0.5, 0.6) is 0 Å². The van der Waals surface area contributed by atoms with Gasteiger partial charge in [0.2, 0.25) is 12.3 Å². The number of hydrogen-bond donors (Lipinski definition) is 2. The fourth-order valence-corrected chi connectivity index (χ4v) is 0.835. The number of carbonyl (C=O) groups is 2. The first-order chi connectivity index (χ1) is 4.34. The van der Waals surface area contributed by atoms with Crippen molar-refractivity contribution in [3.05, 3.63) is 0 Å². The summed E-state index contributed by atoms with van der Waals surface area (Å²) in [6, 6.07) is -0.289. The third-order valence-corrected chi connectivity index (χ3v) is 1.32. The third kappa shape index (κ3) is 1.19. The lowest BCUT2D eigenvalue weighted by Crippen LogP contribution is -2.35. The van der Waals surface area contributed by atoms with Gasteiger partial charge in [-0.05, 0) is 6.42 Å². The Balaban J connectivity index is 2.39. The summed E-state index contributed by atoms with van der Waals surface area (Å²) in [5.74, 6) is -0.0814. The molecule has 0 radical (unpaired) electrons. The molecule has 1 aliphatic heterocycles. The van der Waals surface area contributed by atoms with Gasteiger partial charge in [0.05, 0.1) is 0 Å². The molecule has 1 atom stereocenters. The second kappa shape index (κ2) is 2.48. The van der Waals surface area contributed by atoms with E-state index in [1.54, 1.807) is 0 Å². The molecule has 0 aromatic heterocycles. The molecular weight excluding hydrogens is 120 g/mol. The molecule has 1 fully saturated rings. The van der Waals surface area contributed by atoms with Crippen LogP contribution in [0.1, 0.15) is 6.42 Å². The summed E-state index contributed by atoms with van der Waals surface area (Å²) in [5, 5.41) is 5.00. The van der Waals surface area contributed by atoms with Gasteiger partial charge in [-0.1, -0.05) is 0 Å². The smallest absolute Gasteiger partial charge is 0.242 e. The van der Waals surface area contributed by atoms with Gasteiger partial charge in [-0.2, -0.15) is 0 Å². The van der Waals surface area contributed by atoms with Crippen LogP contribution in [0.2, 0.25) is 0 Å². The molecule has 0 bridgehead atoms. The Morgan fingerprint density at radius 3 is 3.00 bits per heavy atom. The first-order valence-corrected chi connectivity index (χ1v) is 2.82. The fourth-order valence-electron chi connectivity index (χ4n) is 0.835. The second-order valence-electron chi connectivity index (χ2n) is 1.92. The molecule has 4 heteroatoms. The molecule has 1 rings (SSSR count). The lowest BCUT2D eigenvalue weighted by atomic mass is 10.3. The first kappa shape index (κ1) is 6.07. The molecule has 2 amide bonds. The summed E-state index contributed by atoms with van der Waals surface area (Å²) < 4.78 is 0. The molecule has 0 aliphatic carbocycles. The Labute approximate surface area is 52.6 Å². The van der Waals surface area contributed by atoms with Crippen LogP contribution in [0.15, 0.2) is 0 Å². The lowest BCUT2D eigenvalue weighted by molar-refractivity contribution is -0.123. The Morgan fingerprint density at radius 2 is 2.56 bits per heavy atom. The minimum atomic E-state index is -0.289. The van der Waals surface area contributed by atoms with Gasteiger partial charge in [0.25, 0.3) is 0 Å². The maximum atomic E-state index is 10.6. The quantitative estimate of drug-likeness (QED) is 0.450. The molecule has 9 heavy (non-hydrogen) atoms. The zero-order chi connectivity index (χ0) is 6.69. The van der Waals surface area contributed by atoms with Crippen molar-refractivity contribution in [2.75, 3.05) is 6.54 Å². The minimum absolute atomic E-state index is 0.0814. The van der Waals surface area contributed by atoms with Crippen LogP contribution < -0.4 is 10.6 Å². The van der Waals surface area contributed by atoms with E-state index in [1.165, 1.54) is 0 Å². The van der Waals surface area contributed by atoms with Crippen molar-refractivity contribution in [2.45, 2.75) is 12.5 Å². The summed E-state index contributed by atoms with van der Waals surface area (Å²) in [6.45, 7) is 0.671. The van der Waals surface area contributed by atoms with Crippen LogP contribution >= 0.6 is 0 Å². The maximum Gasteiger partial charge on any atom is 0.242 e. The van der Waals surface area contributed by atoms with E-state index in [2.05, 4.69) is 10.6 Å². The van der Waals surface area contributed by atoms with Crippen molar-refractivity contribution in [1.29, 1.82) is 0 Å². The molecule has 0 spiro atoms. The van der Waals surface area contributed by atoms with Crippen LogP contribution in [-0.4, -0.2) is 24.9 Å². The molecule has 0 saturated carbocycles. The third-order valence-electron chi connectivity index (χ3n) is 1.32. The van der Waals surface area contributed by atoms with Crippen molar-refractivity contribution in [1.82, 2.24) is 10.6 Å². The standard InChI is InChI=1S/C5H8N2O2/c8-3-7-4-1-2-6-5(4)9/h3-4H,1-2H2,(H,6,9)(H,7,8)/t4-/m0/s1. The molecule has 0 unspecified atom stereocenters. The molecule has 2 N–H and O–H groups in total. The number of amides is 2. The van der Waals surface area contributed by atoms with Gasteiger partial charge in [0.15, 0.2) is 0 Å². The van der Waals surface area contributed by atoms with Crippen molar-refractivity contribution in [2.24, 2.45) is 0 Å². The highest BCUT2D eigenvalue weighted by Gasteiger charge is 2.22. The topological polar surface area (TPSA) is 58.2 Å². The molecule has 50 valence electrons. The van der Waals surface area contributed by atoms with Crippen LogP contribution in [0.25, 0.3) is 0 Å². The highest BCUT2D eigenvalue weighted by molar-refractivity contribution is 5.85. The molecule has 0 aromatic carbocycles. The Hall–Kier alpha value is -1.06. The van der Waals surface area contributed by atoms with E-state index >= 15 is 0 Å². The van der Waals surface area contributed by atoms with Gasteiger partial charge in [0, 0.05) is 6.54 Å². The number of rotatable bonds is 2. The summed E-state index contributed by atoms with van der Waals surface area (Å²) in [4.78, 5) is 20.4. The van der Waals surface area contributed by atoms with E-state index in [1.807, 2.05) is 0 Å². The van der Waals surface area contributed by atoms with Gasteiger partial charge in [-0.15, -0.1) is 0 Å². The summed E-state index contributed by atoms with van der Waals surface area (Å²) in [7, 11) is 0. The van der Waals surface area contributed by atoms with Gasteiger partial charge >= 0.3 is 0 Å². The molecule has 4 nitrogen and oxygen atoms in total. The Morgan fingerprint density at radius 1 is 1.78 bits per heavy atom. The van der Waals surface area contributed by atoms with Gasteiger partial charge in [0.1, 0.15) is 6.04 Å². The summed E-state index contributed by atoms with van der Waals surface area (Å²) in [6.07, 6.45) is 1.26. The Kier molecular flexibility index (Phi) is 1.67. The second-order valence-corrected chi connectivity index (χ2v) is 1.92. The molecule has 1 heterocycles. The van der Waals surface area contributed by atoms with Gasteiger partial charge < -0.3 is 10.6 Å². The molecular formula is C5H8N2O2. The van der Waals surface area contributed by atoms with E-state index in [0.717, 1.165) is 0 Å².